The van der Waals surface area contributed by atoms with Crippen molar-refractivity contribution in [3.05, 3.63) is 65.0 Å². The molecule has 0 saturated carbocycles. The van der Waals surface area contributed by atoms with E-state index in [1.807, 2.05) is 35.7 Å². The van der Waals surface area contributed by atoms with Crippen LogP contribution in [0, 0.1) is 13.8 Å². The average Bonchev–Trinajstić information content (AvgIpc) is 2.81. The number of carbonyl (C=O) groups excluding carboxylic acids is 1. The number of aryl methyl sites for hydroxylation is 2. The maximum atomic E-state index is 12.8. The van der Waals surface area contributed by atoms with E-state index in [9.17, 15) is 4.79 Å². The predicted octanol–water partition coefficient (Wildman–Crippen LogP) is 4.02. The second-order valence-electron chi connectivity index (χ2n) is 5.93. The number of amides is 1. The molecule has 0 bridgehead atoms. The summed E-state index contributed by atoms with van der Waals surface area (Å²) in [5, 5.41) is 0.476. The van der Waals surface area contributed by atoms with Crippen molar-refractivity contribution in [2.45, 2.75) is 25.5 Å². The minimum atomic E-state index is 0.113. The van der Waals surface area contributed by atoms with Gasteiger partial charge in [-0.1, -0.05) is 24.3 Å². The predicted molar refractivity (Wildman–Crippen MR) is 95.9 cm³/mol. The highest BCUT2D eigenvalue weighted by atomic mass is 32.2. The van der Waals surface area contributed by atoms with Crippen LogP contribution in [0.2, 0.25) is 0 Å². The van der Waals surface area contributed by atoms with Gasteiger partial charge in [0, 0.05) is 36.0 Å². The fraction of sp³-hybridized carbons (Fsp3) is 0.368. The molecule has 1 saturated heterocycles. The summed E-state index contributed by atoms with van der Waals surface area (Å²) in [5.41, 5.74) is 4.29. The third-order valence-electron chi connectivity index (χ3n) is 4.40. The molecule has 1 aliphatic rings. The molecule has 1 aromatic carbocycles. The van der Waals surface area contributed by atoms with Crippen molar-refractivity contribution >= 4 is 17.7 Å². The molecule has 1 unspecified atom stereocenters. The van der Waals surface area contributed by atoms with Gasteiger partial charge in [-0.2, -0.15) is 11.8 Å². The first-order chi connectivity index (χ1) is 11.2. The van der Waals surface area contributed by atoms with Crippen LogP contribution in [0.3, 0.4) is 0 Å². The highest BCUT2D eigenvalue weighted by Gasteiger charge is 2.24. The number of hydrogen-bond donors (Lipinski definition) is 0. The summed E-state index contributed by atoms with van der Waals surface area (Å²) in [4.78, 5) is 19.0. The smallest absolute Gasteiger partial charge is 0.255 e. The molecule has 1 atom stereocenters. The van der Waals surface area contributed by atoms with Gasteiger partial charge in [0.1, 0.15) is 0 Å². The van der Waals surface area contributed by atoms with Crippen LogP contribution in [-0.4, -0.2) is 34.6 Å². The van der Waals surface area contributed by atoms with Gasteiger partial charge in [0.25, 0.3) is 5.91 Å². The molecule has 2 heterocycles. The van der Waals surface area contributed by atoms with Gasteiger partial charge in [-0.25, -0.2) is 0 Å². The van der Waals surface area contributed by atoms with Crippen LogP contribution < -0.4 is 0 Å². The molecule has 23 heavy (non-hydrogen) atoms. The molecule has 0 spiro atoms. The number of aromatic nitrogens is 1. The third kappa shape index (κ3) is 3.58. The quantitative estimate of drug-likeness (QED) is 0.836. The van der Waals surface area contributed by atoms with E-state index in [1.54, 1.807) is 6.20 Å². The second kappa shape index (κ2) is 7.18. The largest absolute Gasteiger partial charge is 0.338 e. The first-order valence-electron chi connectivity index (χ1n) is 8.05. The number of pyridine rings is 1. The second-order valence-corrected chi connectivity index (χ2v) is 7.24. The maximum absolute atomic E-state index is 12.8. The van der Waals surface area contributed by atoms with Gasteiger partial charge in [0.2, 0.25) is 0 Å². The first kappa shape index (κ1) is 16.1. The lowest BCUT2D eigenvalue weighted by molar-refractivity contribution is 0.0765. The van der Waals surface area contributed by atoms with Crippen molar-refractivity contribution in [2.24, 2.45) is 0 Å². The molecule has 120 valence electrons. The number of thioether (sulfide) groups is 1. The Morgan fingerprint density at radius 1 is 1.17 bits per heavy atom. The molecular weight excluding hydrogens is 304 g/mol. The lowest BCUT2D eigenvalue weighted by Crippen LogP contribution is -2.33. The Balaban J connectivity index is 1.73. The van der Waals surface area contributed by atoms with Gasteiger partial charge in [-0.3, -0.25) is 9.78 Å². The number of hydrogen-bond acceptors (Lipinski definition) is 3. The first-order valence-corrected chi connectivity index (χ1v) is 9.09. The average molecular weight is 326 g/mol. The Hall–Kier alpha value is -1.81. The van der Waals surface area contributed by atoms with E-state index in [4.69, 9.17) is 0 Å². The van der Waals surface area contributed by atoms with E-state index < -0.39 is 0 Å². The Labute approximate surface area is 142 Å². The molecule has 1 aromatic heterocycles. The number of carbonyl (C=O) groups is 1. The molecule has 1 amide bonds. The lowest BCUT2D eigenvalue weighted by atomic mass is 10.0. The van der Waals surface area contributed by atoms with Gasteiger partial charge < -0.3 is 4.90 Å². The number of rotatable bonds is 2. The lowest BCUT2D eigenvalue weighted by Gasteiger charge is -2.21. The normalized spacial score (nSPS) is 18.5. The van der Waals surface area contributed by atoms with Crippen LogP contribution in [0.1, 0.15) is 38.8 Å². The molecule has 1 aliphatic heterocycles. The van der Waals surface area contributed by atoms with E-state index >= 15 is 0 Å². The Morgan fingerprint density at radius 3 is 2.78 bits per heavy atom. The topological polar surface area (TPSA) is 33.2 Å². The molecule has 3 rings (SSSR count). The minimum absolute atomic E-state index is 0.113. The summed E-state index contributed by atoms with van der Waals surface area (Å²) in [5.74, 6) is 1.09. The molecule has 0 radical (unpaired) electrons. The van der Waals surface area contributed by atoms with Crippen molar-refractivity contribution < 1.29 is 4.79 Å². The Kier molecular flexibility index (Phi) is 5.01. The van der Waals surface area contributed by atoms with Gasteiger partial charge in [-0.15, -0.1) is 0 Å². The fourth-order valence-corrected chi connectivity index (χ4v) is 4.38. The van der Waals surface area contributed by atoms with Crippen LogP contribution in [0.5, 0.6) is 0 Å². The molecule has 4 heteroatoms. The van der Waals surface area contributed by atoms with Gasteiger partial charge in [0.15, 0.2) is 0 Å². The minimum Gasteiger partial charge on any atom is -0.338 e. The molecule has 3 nitrogen and oxygen atoms in total. The van der Waals surface area contributed by atoms with E-state index in [1.165, 1.54) is 11.1 Å². The highest BCUT2D eigenvalue weighted by Crippen LogP contribution is 2.36. The van der Waals surface area contributed by atoms with E-state index in [2.05, 4.69) is 36.2 Å². The van der Waals surface area contributed by atoms with Crippen molar-refractivity contribution in [3.8, 4) is 0 Å². The van der Waals surface area contributed by atoms with Crippen LogP contribution in [-0.2, 0) is 0 Å². The monoisotopic (exact) mass is 326 g/mol. The maximum Gasteiger partial charge on any atom is 0.255 e. The van der Waals surface area contributed by atoms with E-state index in [0.717, 1.165) is 36.5 Å². The standard InChI is InChI=1S/C19H22N2OS/c1-14-6-3-4-7-16(14)18-9-11-21(12-13-23-18)19(22)17-8-5-10-20-15(17)2/h3-8,10,18H,9,11-13H2,1-2H3. The van der Waals surface area contributed by atoms with E-state index in [-0.39, 0.29) is 5.91 Å². The summed E-state index contributed by atoms with van der Waals surface area (Å²) in [7, 11) is 0. The van der Waals surface area contributed by atoms with Crippen molar-refractivity contribution in [3.63, 3.8) is 0 Å². The molecule has 2 aromatic rings. The SMILES string of the molecule is Cc1ccccc1C1CCN(C(=O)c2cccnc2C)CCS1. The summed E-state index contributed by atoms with van der Waals surface area (Å²) < 4.78 is 0. The highest BCUT2D eigenvalue weighted by molar-refractivity contribution is 7.99. The summed E-state index contributed by atoms with van der Waals surface area (Å²) in [6.07, 6.45) is 2.74. The summed E-state index contributed by atoms with van der Waals surface area (Å²) >= 11 is 1.96. The van der Waals surface area contributed by atoms with Crippen molar-refractivity contribution in [2.75, 3.05) is 18.8 Å². The zero-order valence-electron chi connectivity index (χ0n) is 13.7. The number of benzene rings is 1. The Bertz CT molecular complexity index is 701. The Morgan fingerprint density at radius 2 is 2.00 bits per heavy atom. The molecule has 1 fully saturated rings. The fourth-order valence-electron chi connectivity index (χ4n) is 3.05. The third-order valence-corrected chi connectivity index (χ3v) is 5.71. The summed E-state index contributed by atoms with van der Waals surface area (Å²) in [6, 6.07) is 12.3. The van der Waals surface area contributed by atoms with Crippen LogP contribution >= 0.6 is 11.8 Å². The van der Waals surface area contributed by atoms with E-state index in [0.29, 0.717) is 5.25 Å². The van der Waals surface area contributed by atoms with Crippen molar-refractivity contribution in [1.82, 2.24) is 9.88 Å². The summed E-state index contributed by atoms with van der Waals surface area (Å²) in [6.45, 7) is 5.68. The van der Waals surface area contributed by atoms with Gasteiger partial charge in [0.05, 0.1) is 5.56 Å². The van der Waals surface area contributed by atoms with Gasteiger partial charge in [-0.05, 0) is 43.5 Å². The van der Waals surface area contributed by atoms with Crippen LogP contribution in [0.25, 0.3) is 0 Å². The van der Waals surface area contributed by atoms with Crippen molar-refractivity contribution in [1.29, 1.82) is 0 Å². The zero-order chi connectivity index (χ0) is 16.2. The number of nitrogens with zero attached hydrogens (tertiary/aromatic N) is 2. The van der Waals surface area contributed by atoms with Crippen LogP contribution in [0.15, 0.2) is 42.6 Å². The zero-order valence-corrected chi connectivity index (χ0v) is 14.5. The van der Waals surface area contributed by atoms with Gasteiger partial charge >= 0.3 is 0 Å². The molecule has 0 aliphatic carbocycles. The molecule has 0 N–H and O–H groups in total. The van der Waals surface area contributed by atoms with Crippen LogP contribution in [0.4, 0.5) is 0 Å². The molecular formula is C19H22N2OS.